The number of aliphatic hydroxyl groups excluding tert-OH is 11. The Kier molecular flexibility index (Phi) is 14.2. The summed E-state index contributed by atoms with van der Waals surface area (Å²) in [5.41, 5.74) is 0. The van der Waals surface area contributed by atoms with Gasteiger partial charge in [-0.3, -0.25) is 9.59 Å². The third-order valence-electron chi connectivity index (χ3n) is 8.97. The van der Waals surface area contributed by atoms with Gasteiger partial charge in [-0.1, -0.05) is 0 Å². The van der Waals surface area contributed by atoms with Crippen LogP contribution in [0.1, 0.15) is 20.8 Å². The first-order valence-electron chi connectivity index (χ1n) is 15.9. The van der Waals surface area contributed by atoms with Gasteiger partial charge in [-0.15, -0.1) is 0 Å². The number of hydrogen-bond donors (Lipinski definition) is 13. The molecule has 13 N–H and O–H groups in total. The predicted octanol–water partition coefficient (Wildman–Crippen LogP) is -8.43. The summed E-state index contributed by atoms with van der Waals surface area (Å²) in [7, 11) is 0. The second kappa shape index (κ2) is 17.4. The largest absolute Gasteiger partial charge is 0.394 e. The van der Waals surface area contributed by atoms with Gasteiger partial charge >= 0.3 is 0 Å². The van der Waals surface area contributed by atoms with E-state index in [4.69, 9.17) is 33.2 Å². The van der Waals surface area contributed by atoms with Crippen LogP contribution in [-0.4, -0.2) is 211 Å². The molecule has 0 aromatic heterocycles. The molecule has 4 aliphatic heterocycles. The van der Waals surface area contributed by atoms with Crippen molar-refractivity contribution in [2.75, 3.05) is 19.8 Å². The Morgan fingerprint density at radius 1 is 0.520 bits per heavy atom. The number of amides is 2. The van der Waals surface area contributed by atoms with Crippen molar-refractivity contribution in [3.63, 3.8) is 0 Å². The molecular formula is C28H48N2O20. The first-order valence-corrected chi connectivity index (χ1v) is 15.9. The maximum Gasteiger partial charge on any atom is 0.217 e. The highest BCUT2D eigenvalue weighted by molar-refractivity contribution is 5.73. The zero-order valence-electron chi connectivity index (χ0n) is 27.3. The molecular weight excluding hydrogens is 684 g/mol. The van der Waals surface area contributed by atoms with Crippen LogP contribution in [0.25, 0.3) is 0 Å². The first-order chi connectivity index (χ1) is 23.5. The van der Waals surface area contributed by atoms with Crippen molar-refractivity contribution >= 4 is 11.8 Å². The lowest BCUT2D eigenvalue weighted by Crippen LogP contribution is -2.70. The number of hydrogen-bond acceptors (Lipinski definition) is 20. The topological polar surface area (TPSA) is 345 Å². The van der Waals surface area contributed by atoms with Crippen LogP contribution in [0.4, 0.5) is 0 Å². The number of carbonyl (C=O) groups is 2. The number of carbonyl (C=O) groups excluding carboxylic acids is 2. The number of rotatable bonds is 11. The fourth-order valence-electron chi connectivity index (χ4n) is 6.27. The summed E-state index contributed by atoms with van der Waals surface area (Å²) in [4.78, 5) is 24.3. The van der Waals surface area contributed by atoms with Gasteiger partial charge in [0.2, 0.25) is 11.8 Å². The Labute approximate surface area is 285 Å². The minimum atomic E-state index is -2.00. The Hall–Kier alpha value is -1.78. The lowest BCUT2D eigenvalue weighted by atomic mass is 9.94. The molecule has 0 aliphatic carbocycles. The Morgan fingerprint density at radius 2 is 0.980 bits per heavy atom. The van der Waals surface area contributed by atoms with Crippen LogP contribution in [0.15, 0.2) is 0 Å². The molecule has 0 spiro atoms. The van der Waals surface area contributed by atoms with Gasteiger partial charge in [0.05, 0.1) is 25.9 Å². The maximum absolute atomic E-state index is 12.4. The minimum Gasteiger partial charge on any atom is -0.394 e. The minimum absolute atomic E-state index is 0.696. The second-order valence-electron chi connectivity index (χ2n) is 12.6. The fraction of sp³-hybridized carbons (Fsp3) is 0.929. The molecule has 4 aliphatic rings. The van der Waals surface area contributed by atoms with Crippen molar-refractivity contribution < 1.29 is 98.9 Å². The van der Waals surface area contributed by atoms with Gasteiger partial charge in [-0.25, -0.2) is 0 Å². The second-order valence-corrected chi connectivity index (χ2v) is 12.6. The average molecular weight is 733 g/mol. The third-order valence-corrected chi connectivity index (χ3v) is 8.97. The molecule has 20 atom stereocenters. The first kappa shape index (κ1) is 41.0. The summed E-state index contributed by atoms with van der Waals surface area (Å²) in [6.45, 7) is 0.964. The zero-order valence-corrected chi connectivity index (χ0v) is 27.3. The van der Waals surface area contributed by atoms with Crippen molar-refractivity contribution in [1.82, 2.24) is 10.6 Å². The van der Waals surface area contributed by atoms with Crippen molar-refractivity contribution in [3.8, 4) is 0 Å². The van der Waals surface area contributed by atoms with E-state index in [1.165, 1.54) is 6.92 Å². The summed E-state index contributed by atoms with van der Waals surface area (Å²) in [5, 5.41) is 120. The maximum atomic E-state index is 12.4. The van der Waals surface area contributed by atoms with E-state index in [1.54, 1.807) is 0 Å². The van der Waals surface area contributed by atoms with Crippen molar-refractivity contribution in [2.24, 2.45) is 0 Å². The molecule has 0 saturated carbocycles. The molecule has 290 valence electrons. The van der Waals surface area contributed by atoms with Gasteiger partial charge in [-0.05, 0) is 6.92 Å². The normalized spacial score (nSPS) is 48.5. The van der Waals surface area contributed by atoms with Gasteiger partial charge in [0, 0.05) is 13.8 Å². The smallest absolute Gasteiger partial charge is 0.217 e. The molecule has 0 radical (unpaired) electrons. The van der Waals surface area contributed by atoms with Gasteiger partial charge in [-0.2, -0.15) is 0 Å². The molecule has 4 saturated heterocycles. The summed E-state index contributed by atoms with van der Waals surface area (Å²) < 4.78 is 39.8. The van der Waals surface area contributed by atoms with Crippen LogP contribution < -0.4 is 10.6 Å². The monoisotopic (exact) mass is 732 g/mol. The molecule has 4 heterocycles. The lowest BCUT2D eigenvalue weighted by Gasteiger charge is -2.50. The molecule has 2 amide bonds. The van der Waals surface area contributed by atoms with Gasteiger partial charge in [0.25, 0.3) is 0 Å². The SMILES string of the molecule is CC(=O)N[C@@H]1[C@@H](O[C@@H]2O[C@H](CO)[C@H](O)[C@H](O)[C@H]2O[C@@H]2O[C@H](CO)[C@@H](O)[C@H](O[C@@H]3O[C@@H](C)[C@H](O)[C@@H](O)[C@H]3O)[C@H]2NC(C)=O)[C@H](O)[C@@H](CO)O[C@@H]1O. The van der Waals surface area contributed by atoms with Gasteiger partial charge in [0.1, 0.15) is 91.4 Å². The van der Waals surface area contributed by atoms with Crippen LogP contribution >= 0.6 is 0 Å². The summed E-state index contributed by atoms with van der Waals surface area (Å²) in [6.07, 6.45) is -30.6. The molecule has 0 bridgehead atoms. The predicted molar refractivity (Wildman–Crippen MR) is 156 cm³/mol. The molecule has 4 fully saturated rings. The summed E-state index contributed by atoms with van der Waals surface area (Å²) >= 11 is 0. The van der Waals surface area contributed by atoms with E-state index in [-0.39, 0.29) is 0 Å². The van der Waals surface area contributed by atoms with Gasteiger partial charge < -0.3 is 100.0 Å². The van der Waals surface area contributed by atoms with Crippen LogP contribution in [0, 0.1) is 0 Å². The molecule has 4 rings (SSSR count). The van der Waals surface area contributed by atoms with Crippen LogP contribution in [0.2, 0.25) is 0 Å². The van der Waals surface area contributed by atoms with E-state index in [1.807, 2.05) is 0 Å². The Bertz CT molecular complexity index is 1130. The molecule has 22 nitrogen and oxygen atoms in total. The van der Waals surface area contributed by atoms with Crippen molar-refractivity contribution in [2.45, 2.75) is 143 Å². The number of ether oxygens (including phenoxy) is 7. The number of aliphatic hydroxyl groups is 11. The van der Waals surface area contributed by atoms with E-state index in [2.05, 4.69) is 10.6 Å². The molecule has 50 heavy (non-hydrogen) atoms. The third kappa shape index (κ3) is 8.70. The Morgan fingerprint density at radius 3 is 1.54 bits per heavy atom. The summed E-state index contributed by atoms with van der Waals surface area (Å²) in [5.74, 6) is -1.44. The highest BCUT2D eigenvalue weighted by Gasteiger charge is 2.56. The van der Waals surface area contributed by atoms with Crippen LogP contribution in [0.5, 0.6) is 0 Å². The van der Waals surface area contributed by atoms with Gasteiger partial charge in [0.15, 0.2) is 25.2 Å². The molecule has 0 unspecified atom stereocenters. The standard InChI is InChI=1S/C28H48N2O20/c1-7-15(36)19(40)21(42)27(44-7)48-23-14(30-9(3)35)26(46-12(6-33)18(23)39)50-24-20(41)16(37)10(4-31)47-28(24)49-22-13(29-8(2)34)25(43)45-11(5-32)17(22)38/h7,10-28,31-33,36-43H,4-6H2,1-3H3,(H,29,34)(H,30,35)/t7-,10+,11+,12+,13+,14+,15-,16-,17+,18+,19+,20-,21+,22+,23+,24+,25-,26-,27-,28-/m0/s1. The van der Waals surface area contributed by atoms with Crippen LogP contribution in [0.3, 0.4) is 0 Å². The average Bonchev–Trinajstić information content (AvgIpc) is 3.06. The van der Waals surface area contributed by atoms with Crippen molar-refractivity contribution in [3.05, 3.63) is 0 Å². The molecule has 22 heteroatoms. The van der Waals surface area contributed by atoms with E-state index in [0.717, 1.165) is 13.8 Å². The number of nitrogens with one attached hydrogen (secondary N) is 2. The van der Waals surface area contributed by atoms with E-state index < -0.39 is 154 Å². The zero-order chi connectivity index (χ0) is 37.2. The lowest BCUT2D eigenvalue weighted by molar-refractivity contribution is -0.381. The van der Waals surface area contributed by atoms with E-state index >= 15 is 0 Å². The fourth-order valence-corrected chi connectivity index (χ4v) is 6.27. The van der Waals surface area contributed by atoms with Crippen molar-refractivity contribution in [1.29, 1.82) is 0 Å². The highest BCUT2D eigenvalue weighted by atomic mass is 16.8. The summed E-state index contributed by atoms with van der Waals surface area (Å²) in [6, 6.07) is -3.09. The Balaban J connectivity index is 1.68. The molecule has 0 aromatic rings. The molecule has 0 aromatic carbocycles. The van der Waals surface area contributed by atoms with E-state index in [9.17, 15) is 65.8 Å². The quantitative estimate of drug-likeness (QED) is 0.0938. The van der Waals surface area contributed by atoms with E-state index in [0.29, 0.717) is 0 Å². The highest BCUT2D eigenvalue weighted by Crippen LogP contribution is 2.34. The van der Waals surface area contributed by atoms with Crippen LogP contribution in [-0.2, 0) is 42.7 Å².